The minimum absolute atomic E-state index is 0.0637. The Hall–Kier alpha value is -1.52. The summed E-state index contributed by atoms with van der Waals surface area (Å²) in [6.45, 7) is 2.24. The van der Waals surface area contributed by atoms with Crippen LogP contribution >= 0.6 is 0 Å². The summed E-state index contributed by atoms with van der Waals surface area (Å²) >= 11 is 0. The van der Waals surface area contributed by atoms with Gasteiger partial charge in [0.15, 0.2) is 17.5 Å². The number of benzene rings is 1. The van der Waals surface area contributed by atoms with Crippen molar-refractivity contribution < 1.29 is 18.0 Å². The summed E-state index contributed by atoms with van der Waals surface area (Å²) in [5.74, 6) is -4.82. The van der Waals surface area contributed by atoms with Gasteiger partial charge in [-0.05, 0) is 31.9 Å². The number of hydrogen-bond donors (Lipinski definition) is 0. The largest absolute Gasteiger partial charge is 0.336 e. The molecule has 1 saturated carbocycles. The molecule has 1 amide bonds. The first-order valence-electron chi connectivity index (χ1n) is 7.00. The van der Waals surface area contributed by atoms with Crippen LogP contribution in [0.4, 0.5) is 13.2 Å². The fraction of sp³-hybridized carbons (Fsp3) is 0.533. The minimum Gasteiger partial charge on any atom is -0.336 e. The third-order valence-electron chi connectivity index (χ3n) is 3.88. The van der Waals surface area contributed by atoms with Crippen molar-refractivity contribution in [2.75, 3.05) is 6.54 Å². The number of rotatable bonds is 3. The van der Waals surface area contributed by atoms with Gasteiger partial charge in [0.1, 0.15) is 0 Å². The van der Waals surface area contributed by atoms with Crippen molar-refractivity contribution in [1.82, 2.24) is 4.90 Å². The molecular formula is C15H18F3NO. The van der Waals surface area contributed by atoms with Crippen molar-refractivity contribution in [3.63, 3.8) is 0 Å². The van der Waals surface area contributed by atoms with Crippen molar-refractivity contribution >= 4 is 5.91 Å². The second-order valence-corrected chi connectivity index (χ2v) is 5.11. The lowest BCUT2D eigenvalue weighted by atomic mass is 9.93. The summed E-state index contributed by atoms with van der Waals surface area (Å²) in [5.41, 5.74) is -0.392. The van der Waals surface area contributed by atoms with Gasteiger partial charge in [0.2, 0.25) is 0 Å². The minimum atomic E-state index is -1.59. The molecule has 110 valence electrons. The summed E-state index contributed by atoms with van der Waals surface area (Å²) in [4.78, 5) is 13.9. The molecule has 0 unspecified atom stereocenters. The summed E-state index contributed by atoms with van der Waals surface area (Å²) in [6, 6.07) is 1.87. The highest BCUT2D eigenvalue weighted by molar-refractivity contribution is 5.94. The molecule has 1 aliphatic carbocycles. The van der Waals surface area contributed by atoms with Gasteiger partial charge in [0.05, 0.1) is 5.56 Å². The molecule has 5 heteroatoms. The summed E-state index contributed by atoms with van der Waals surface area (Å²) in [7, 11) is 0. The van der Waals surface area contributed by atoms with E-state index in [0.717, 1.165) is 44.2 Å². The zero-order valence-corrected chi connectivity index (χ0v) is 11.5. The van der Waals surface area contributed by atoms with Gasteiger partial charge in [-0.3, -0.25) is 4.79 Å². The van der Waals surface area contributed by atoms with Crippen molar-refractivity contribution in [2.45, 2.75) is 45.1 Å². The van der Waals surface area contributed by atoms with Crippen molar-refractivity contribution in [3.05, 3.63) is 35.1 Å². The average Bonchev–Trinajstić information content (AvgIpc) is 2.47. The lowest BCUT2D eigenvalue weighted by molar-refractivity contribution is 0.0642. The van der Waals surface area contributed by atoms with Crippen LogP contribution in [0.1, 0.15) is 49.4 Å². The van der Waals surface area contributed by atoms with Gasteiger partial charge >= 0.3 is 0 Å². The van der Waals surface area contributed by atoms with Crippen LogP contribution in [0.25, 0.3) is 0 Å². The molecule has 1 aromatic carbocycles. The van der Waals surface area contributed by atoms with Crippen LogP contribution < -0.4 is 0 Å². The van der Waals surface area contributed by atoms with E-state index >= 15 is 0 Å². The van der Waals surface area contributed by atoms with Crippen LogP contribution in [0.5, 0.6) is 0 Å². The smallest absolute Gasteiger partial charge is 0.257 e. The predicted octanol–water partition coefficient (Wildman–Crippen LogP) is 3.90. The van der Waals surface area contributed by atoms with Gasteiger partial charge in [0, 0.05) is 12.6 Å². The fourth-order valence-electron chi connectivity index (χ4n) is 2.81. The topological polar surface area (TPSA) is 20.3 Å². The zero-order valence-electron chi connectivity index (χ0n) is 11.5. The Morgan fingerprint density at radius 1 is 1.15 bits per heavy atom. The number of carbonyl (C=O) groups is 1. The molecular weight excluding hydrogens is 267 g/mol. The third-order valence-corrected chi connectivity index (χ3v) is 3.88. The first kappa shape index (κ1) is 14.9. The quantitative estimate of drug-likeness (QED) is 0.771. The molecule has 0 aliphatic heterocycles. The first-order chi connectivity index (χ1) is 9.56. The monoisotopic (exact) mass is 285 g/mol. The highest BCUT2D eigenvalue weighted by Crippen LogP contribution is 2.25. The van der Waals surface area contributed by atoms with E-state index in [2.05, 4.69) is 0 Å². The lowest BCUT2D eigenvalue weighted by Crippen LogP contribution is -2.41. The van der Waals surface area contributed by atoms with E-state index in [1.165, 1.54) is 0 Å². The molecule has 0 N–H and O–H groups in total. The van der Waals surface area contributed by atoms with E-state index in [0.29, 0.717) is 6.54 Å². The normalized spacial score (nSPS) is 16.2. The second kappa shape index (κ2) is 6.29. The van der Waals surface area contributed by atoms with Gasteiger partial charge in [-0.25, -0.2) is 13.2 Å². The number of halogens is 3. The molecule has 0 saturated heterocycles. The van der Waals surface area contributed by atoms with Crippen LogP contribution in [-0.4, -0.2) is 23.4 Å². The van der Waals surface area contributed by atoms with E-state index < -0.39 is 28.9 Å². The Bertz CT molecular complexity index is 498. The van der Waals surface area contributed by atoms with Gasteiger partial charge in [-0.2, -0.15) is 0 Å². The van der Waals surface area contributed by atoms with E-state index in [1.54, 1.807) is 4.90 Å². The average molecular weight is 285 g/mol. The Labute approximate surface area is 116 Å². The standard InChI is InChI=1S/C15H18F3NO/c1-2-19(10-6-4-3-5-7-10)15(20)11-8-9-12(16)14(18)13(11)17/h8-10H,2-7H2,1H3. The maximum atomic E-state index is 13.7. The molecule has 1 aromatic rings. The Kier molecular flexibility index (Phi) is 4.68. The molecule has 0 spiro atoms. The Balaban J connectivity index is 2.26. The van der Waals surface area contributed by atoms with Gasteiger partial charge in [-0.1, -0.05) is 19.3 Å². The van der Waals surface area contributed by atoms with Crippen molar-refractivity contribution in [3.8, 4) is 0 Å². The molecule has 0 atom stereocenters. The summed E-state index contributed by atoms with van der Waals surface area (Å²) in [6.07, 6.45) is 4.97. The predicted molar refractivity (Wildman–Crippen MR) is 69.9 cm³/mol. The molecule has 0 radical (unpaired) electrons. The van der Waals surface area contributed by atoms with Crippen LogP contribution in [0, 0.1) is 17.5 Å². The maximum Gasteiger partial charge on any atom is 0.257 e. The summed E-state index contributed by atoms with van der Waals surface area (Å²) < 4.78 is 39.9. The van der Waals surface area contributed by atoms with Crippen LogP contribution in [0.3, 0.4) is 0 Å². The lowest BCUT2D eigenvalue weighted by Gasteiger charge is -2.33. The molecule has 0 aromatic heterocycles. The zero-order chi connectivity index (χ0) is 14.7. The van der Waals surface area contributed by atoms with Gasteiger partial charge in [-0.15, -0.1) is 0 Å². The number of carbonyl (C=O) groups excluding carboxylic acids is 1. The first-order valence-corrected chi connectivity index (χ1v) is 7.00. The maximum absolute atomic E-state index is 13.7. The van der Waals surface area contributed by atoms with Gasteiger partial charge < -0.3 is 4.90 Å². The highest BCUT2D eigenvalue weighted by Gasteiger charge is 2.28. The Morgan fingerprint density at radius 3 is 2.40 bits per heavy atom. The van der Waals surface area contributed by atoms with Crippen LogP contribution in [-0.2, 0) is 0 Å². The van der Waals surface area contributed by atoms with Crippen LogP contribution in [0.15, 0.2) is 12.1 Å². The molecule has 2 rings (SSSR count). The van der Waals surface area contributed by atoms with Gasteiger partial charge in [0.25, 0.3) is 5.91 Å². The highest BCUT2D eigenvalue weighted by atomic mass is 19.2. The fourth-order valence-corrected chi connectivity index (χ4v) is 2.81. The second-order valence-electron chi connectivity index (χ2n) is 5.11. The van der Waals surface area contributed by atoms with E-state index in [-0.39, 0.29) is 6.04 Å². The van der Waals surface area contributed by atoms with Crippen molar-refractivity contribution in [2.24, 2.45) is 0 Å². The van der Waals surface area contributed by atoms with Crippen molar-refractivity contribution in [1.29, 1.82) is 0 Å². The molecule has 20 heavy (non-hydrogen) atoms. The third kappa shape index (κ3) is 2.81. The SMILES string of the molecule is CCN(C(=O)c1ccc(F)c(F)c1F)C1CCCCC1. The number of amides is 1. The molecule has 1 aliphatic rings. The number of nitrogens with zero attached hydrogens (tertiary/aromatic N) is 1. The summed E-state index contributed by atoms with van der Waals surface area (Å²) in [5, 5.41) is 0. The molecule has 0 heterocycles. The van der Waals surface area contributed by atoms with E-state index in [9.17, 15) is 18.0 Å². The molecule has 0 bridgehead atoms. The van der Waals surface area contributed by atoms with E-state index in [4.69, 9.17) is 0 Å². The molecule has 2 nitrogen and oxygen atoms in total. The van der Waals surface area contributed by atoms with E-state index in [1.807, 2.05) is 6.92 Å². The van der Waals surface area contributed by atoms with Crippen LogP contribution in [0.2, 0.25) is 0 Å². The Morgan fingerprint density at radius 2 is 1.80 bits per heavy atom. The molecule has 1 fully saturated rings. The number of hydrogen-bond acceptors (Lipinski definition) is 1.